The number of piperidine rings is 1. The molecule has 3 N–H and O–H groups in total. The normalized spacial score (nSPS) is 14.0. The monoisotopic (exact) mass is 404 g/mol. The van der Waals surface area contributed by atoms with Gasteiger partial charge in [0.1, 0.15) is 5.75 Å². The van der Waals surface area contributed by atoms with Gasteiger partial charge in [-0.1, -0.05) is 23.9 Å². The van der Waals surface area contributed by atoms with Gasteiger partial charge in [-0.2, -0.15) is 0 Å². The predicted octanol–water partition coefficient (Wildman–Crippen LogP) is 0.960. The molecule has 1 aliphatic rings. The number of nitrogens with zero attached hydrogens (tertiary/aromatic N) is 4. The van der Waals surface area contributed by atoms with Crippen LogP contribution in [0.1, 0.15) is 19.3 Å². The van der Waals surface area contributed by atoms with Gasteiger partial charge in [-0.15, -0.1) is 10.2 Å². The van der Waals surface area contributed by atoms with E-state index in [0.29, 0.717) is 10.9 Å². The molecule has 0 radical (unpaired) electrons. The molecule has 2 amide bonds. The first-order chi connectivity index (χ1) is 13.6. The highest BCUT2D eigenvalue weighted by Gasteiger charge is 2.23. The molecule has 1 fully saturated rings. The molecular weight excluding hydrogens is 380 g/mol. The van der Waals surface area contributed by atoms with Crippen LogP contribution in [-0.2, 0) is 9.59 Å². The molecule has 2 aromatic rings. The zero-order valence-corrected chi connectivity index (χ0v) is 16.6. The van der Waals surface area contributed by atoms with Crippen LogP contribution < -0.4 is 20.7 Å². The topological polar surface area (TPSA) is 115 Å². The summed E-state index contributed by atoms with van der Waals surface area (Å²) < 4.78 is 7.45. The SMILES string of the molecule is COc1ccccc1-n1c(SCC(=O)NCC(N)=O)nnc1N1CCCCC1. The van der Waals surface area contributed by atoms with Crippen LogP contribution in [0.25, 0.3) is 5.69 Å². The van der Waals surface area contributed by atoms with Crippen molar-refractivity contribution in [3.63, 3.8) is 0 Å². The van der Waals surface area contributed by atoms with E-state index in [0.717, 1.165) is 37.6 Å². The molecule has 0 saturated carbocycles. The van der Waals surface area contributed by atoms with Crippen LogP contribution in [0.15, 0.2) is 29.4 Å². The Balaban J connectivity index is 1.88. The number of methoxy groups -OCH3 is 1. The highest BCUT2D eigenvalue weighted by Crippen LogP contribution is 2.32. The van der Waals surface area contributed by atoms with Gasteiger partial charge in [0.05, 0.1) is 25.1 Å². The number of aromatic nitrogens is 3. The Kier molecular flexibility index (Phi) is 6.75. The zero-order chi connectivity index (χ0) is 19.9. The minimum atomic E-state index is -0.581. The highest BCUT2D eigenvalue weighted by molar-refractivity contribution is 7.99. The lowest BCUT2D eigenvalue weighted by atomic mass is 10.1. The van der Waals surface area contributed by atoms with Crippen LogP contribution in [0.5, 0.6) is 5.75 Å². The number of benzene rings is 1. The molecular formula is C18H24N6O3S. The fourth-order valence-corrected chi connectivity index (χ4v) is 3.82. The van der Waals surface area contributed by atoms with Gasteiger partial charge in [0, 0.05) is 13.1 Å². The molecule has 0 unspecified atom stereocenters. The number of anilines is 1. The lowest BCUT2D eigenvalue weighted by molar-refractivity contribution is -0.123. The fraction of sp³-hybridized carbons (Fsp3) is 0.444. The molecule has 1 aromatic carbocycles. The Morgan fingerprint density at radius 3 is 2.68 bits per heavy atom. The van der Waals surface area contributed by atoms with Crippen LogP contribution in [-0.4, -0.2) is 59.1 Å². The maximum Gasteiger partial charge on any atom is 0.236 e. The third-order valence-corrected chi connectivity index (χ3v) is 5.30. The number of rotatable bonds is 8. The maximum absolute atomic E-state index is 12.0. The fourth-order valence-electron chi connectivity index (χ4n) is 3.05. The quantitative estimate of drug-likeness (QED) is 0.630. The molecule has 0 atom stereocenters. The standard InChI is InChI=1S/C18H24N6O3S/c1-27-14-8-4-3-7-13(14)24-17(23-9-5-2-6-10-23)21-22-18(24)28-12-16(26)20-11-15(19)25/h3-4,7-8H,2,5-6,9-12H2,1H3,(H2,19,25)(H,20,26). The highest BCUT2D eigenvalue weighted by atomic mass is 32.2. The molecule has 9 nitrogen and oxygen atoms in total. The van der Waals surface area contributed by atoms with Crippen LogP contribution >= 0.6 is 11.8 Å². The van der Waals surface area contributed by atoms with Crippen LogP contribution in [0, 0.1) is 0 Å². The summed E-state index contributed by atoms with van der Waals surface area (Å²) in [7, 11) is 1.62. The summed E-state index contributed by atoms with van der Waals surface area (Å²) in [6.07, 6.45) is 3.43. The number of nitrogens with two attached hydrogens (primary N) is 1. The van der Waals surface area contributed by atoms with E-state index >= 15 is 0 Å². The zero-order valence-electron chi connectivity index (χ0n) is 15.8. The average molecular weight is 404 g/mol. The van der Waals surface area contributed by atoms with Crippen molar-refractivity contribution in [3.8, 4) is 11.4 Å². The second kappa shape index (κ2) is 9.45. The van der Waals surface area contributed by atoms with E-state index in [9.17, 15) is 9.59 Å². The number of carbonyl (C=O) groups is 2. The van der Waals surface area contributed by atoms with E-state index in [1.807, 2.05) is 28.8 Å². The van der Waals surface area contributed by atoms with Gasteiger partial charge in [-0.05, 0) is 31.4 Å². The van der Waals surface area contributed by atoms with E-state index in [1.54, 1.807) is 7.11 Å². The van der Waals surface area contributed by atoms with Crippen molar-refractivity contribution in [2.24, 2.45) is 5.73 Å². The van der Waals surface area contributed by atoms with Crippen LogP contribution in [0.3, 0.4) is 0 Å². The van der Waals surface area contributed by atoms with E-state index in [4.69, 9.17) is 10.5 Å². The van der Waals surface area contributed by atoms with Gasteiger partial charge < -0.3 is 20.7 Å². The number of primary amides is 1. The summed E-state index contributed by atoms with van der Waals surface area (Å²) in [5.74, 6) is 0.659. The number of carbonyl (C=O) groups excluding carboxylic acids is 2. The van der Waals surface area contributed by atoms with Gasteiger partial charge in [0.2, 0.25) is 17.8 Å². The van der Waals surface area contributed by atoms with E-state index in [2.05, 4.69) is 20.4 Å². The molecule has 0 aliphatic carbocycles. The molecule has 10 heteroatoms. The smallest absolute Gasteiger partial charge is 0.236 e. The number of hydrogen-bond donors (Lipinski definition) is 2. The lowest BCUT2D eigenvalue weighted by Crippen LogP contribution is -2.34. The predicted molar refractivity (Wildman–Crippen MR) is 107 cm³/mol. The van der Waals surface area contributed by atoms with Gasteiger partial charge in [-0.3, -0.25) is 14.2 Å². The van der Waals surface area contributed by atoms with Gasteiger partial charge in [-0.25, -0.2) is 0 Å². The van der Waals surface area contributed by atoms with Gasteiger partial charge >= 0.3 is 0 Å². The van der Waals surface area contributed by atoms with Crippen molar-refractivity contribution < 1.29 is 14.3 Å². The maximum atomic E-state index is 12.0. The molecule has 28 heavy (non-hydrogen) atoms. The summed E-state index contributed by atoms with van der Waals surface area (Å²) in [5, 5.41) is 11.8. The van der Waals surface area contributed by atoms with Gasteiger partial charge in [0.25, 0.3) is 0 Å². The Bertz CT molecular complexity index is 834. The number of ether oxygens (including phenoxy) is 1. The van der Waals surface area contributed by atoms with Crippen LogP contribution in [0.2, 0.25) is 0 Å². The molecule has 1 saturated heterocycles. The summed E-state index contributed by atoms with van der Waals surface area (Å²) in [4.78, 5) is 25.0. The van der Waals surface area contributed by atoms with Crippen molar-refractivity contribution in [2.75, 3.05) is 37.4 Å². The Hall–Kier alpha value is -2.75. The third-order valence-electron chi connectivity index (χ3n) is 4.37. The number of nitrogens with one attached hydrogen (secondary N) is 1. The van der Waals surface area contributed by atoms with Crippen LogP contribution in [0.4, 0.5) is 5.95 Å². The Morgan fingerprint density at radius 1 is 1.21 bits per heavy atom. The Morgan fingerprint density at radius 2 is 1.96 bits per heavy atom. The molecule has 150 valence electrons. The molecule has 3 rings (SSSR count). The van der Waals surface area contributed by atoms with Crippen molar-refractivity contribution in [2.45, 2.75) is 24.4 Å². The molecule has 2 heterocycles. The summed E-state index contributed by atoms with van der Waals surface area (Å²) in [6, 6.07) is 7.64. The molecule has 0 spiro atoms. The first-order valence-electron chi connectivity index (χ1n) is 9.11. The average Bonchev–Trinajstić information content (AvgIpc) is 3.15. The van der Waals surface area contributed by atoms with E-state index < -0.39 is 5.91 Å². The lowest BCUT2D eigenvalue weighted by Gasteiger charge is -2.28. The van der Waals surface area contributed by atoms with Crippen molar-refractivity contribution in [3.05, 3.63) is 24.3 Å². The van der Waals surface area contributed by atoms with Crippen molar-refractivity contribution in [1.82, 2.24) is 20.1 Å². The number of para-hydroxylation sites is 2. The number of hydrogen-bond acceptors (Lipinski definition) is 7. The first kappa shape index (κ1) is 20.0. The Labute approximate surface area is 167 Å². The second-order valence-electron chi connectivity index (χ2n) is 6.37. The molecule has 0 bridgehead atoms. The van der Waals surface area contributed by atoms with Gasteiger partial charge in [0.15, 0.2) is 5.16 Å². The molecule has 1 aliphatic heterocycles. The van der Waals surface area contributed by atoms with Crippen molar-refractivity contribution in [1.29, 1.82) is 0 Å². The third kappa shape index (κ3) is 4.75. The minimum absolute atomic E-state index is 0.0978. The number of amides is 2. The first-order valence-corrected chi connectivity index (χ1v) is 10.1. The minimum Gasteiger partial charge on any atom is -0.495 e. The summed E-state index contributed by atoms with van der Waals surface area (Å²) in [6.45, 7) is 1.64. The molecule has 1 aromatic heterocycles. The second-order valence-corrected chi connectivity index (χ2v) is 7.31. The van der Waals surface area contributed by atoms with E-state index in [-0.39, 0.29) is 18.2 Å². The summed E-state index contributed by atoms with van der Waals surface area (Å²) in [5.41, 5.74) is 5.88. The van der Waals surface area contributed by atoms with Crippen molar-refractivity contribution >= 4 is 29.5 Å². The largest absolute Gasteiger partial charge is 0.495 e. The summed E-state index contributed by atoms with van der Waals surface area (Å²) >= 11 is 1.25. The number of thioether (sulfide) groups is 1. The van der Waals surface area contributed by atoms with E-state index in [1.165, 1.54) is 18.2 Å².